The minimum atomic E-state index is 0.554. The smallest absolute Gasteiger partial charge is 0.240 e. The lowest BCUT2D eigenvalue weighted by atomic mass is 10.1. The van der Waals surface area contributed by atoms with Gasteiger partial charge in [0, 0.05) is 18.3 Å². The van der Waals surface area contributed by atoms with Crippen molar-refractivity contribution in [2.45, 2.75) is 26.4 Å². The van der Waals surface area contributed by atoms with Gasteiger partial charge < -0.3 is 9.84 Å². The normalized spacial score (nSPS) is 10.9. The van der Waals surface area contributed by atoms with E-state index >= 15 is 0 Å². The first-order valence-electron chi connectivity index (χ1n) is 6.77. The molecule has 108 valence electrons. The highest BCUT2D eigenvalue weighted by Gasteiger charge is 2.07. The van der Waals surface area contributed by atoms with Crippen LogP contribution in [0.25, 0.3) is 0 Å². The van der Waals surface area contributed by atoms with E-state index in [1.54, 1.807) is 11.3 Å². The van der Waals surface area contributed by atoms with Gasteiger partial charge in [0.2, 0.25) is 5.89 Å². The summed E-state index contributed by atoms with van der Waals surface area (Å²) < 4.78 is 5.24. The van der Waals surface area contributed by atoms with Gasteiger partial charge in [0.15, 0.2) is 5.82 Å². The topological polar surface area (TPSA) is 63.8 Å². The Morgan fingerprint density at radius 3 is 2.76 bits per heavy atom. The summed E-state index contributed by atoms with van der Waals surface area (Å²) in [4.78, 5) is 8.78. The zero-order valence-corrected chi connectivity index (χ0v) is 12.6. The van der Waals surface area contributed by atoms with Gasteiger partial charge in [0.25, 0.3) is 0 Å². The van der Waals surface area contributed by atoms with E-state index in [0.29, 0.717) is 31.2 Å². The van der Waals surface area contributed by atoms with Crippen molar-refractivity contribution >= 4 is 11.3 Å². The van der Waals surface area contributed by atoms with E-state index in [9.17, 15) is 0 Å². The molecule has 0 atom stereocenters. The number of nitrogens with zero attached hydrogens (tertiary/aromatic N) is 3. The summed E-state index contributed by atoms with van der Waals surface area (Å²) in [6.07, 6.45) is 0.690. The highest BCUT2D eigenvalue weighted by atomic mass is 32.1. The van der Waals surface area contributed by atoms with E-state index in [-0.39, 0.29) is 0 Å². The molecule has 0 amide bonds. The summed E-state index contributed by atoms with van der Waals surface area (Å²) >= 11 is 1.65. The monoisotopic (exact) mass is 300 g/mol. The molecule has 1 aromatic carbocycles. The van der Waals surface area contributed by atoms with Crippen LogP contribution < -0.4 is 5.32 Å². The summed E-state index contributed by atoms with van der Waals surface area (Å²) in [6.45, 7) is 3.27. The van der Waals surface area contributed by atoms with Crippen molar-refractivity contribution in [3.8, 4) is 0 Å². The molecule has 2 aromatic heterocycles. The number of rotatable bonds is 6. The lowest BCUT2D eigenvalue weighted by molar-refractivity contribution is 0.363. The van der Waals surface area contributed by atoms with E-state index < -0.39 is 0 Å². The van der Waals surface area contributed by atoms with Crippen molar-refractivity contribution < 1.29 is 4.52 Å². The fourth-order valence-electron chi connectivity index (χ4n) is 2.00. The quantitative estimate of drug-likeness (QED) is 0.758. The first-order valence-corrected chi connectivity index (χ1v) is 7.64. The third kappa shape index (κ3) is 3.96. The maximum Gasteiger partial charge on any atom is 0.240 e. The van der Waals surface area contributed by atoms with Gasteiger partial charge >= 0.3 is 0 Å². The minimum absolute atomic E-state index is 0.554. The minimum Gasteiger partial charge on any atom is -0.338 e. The first kappa shape index (κ1) is 13.9. The molecule has 0 aliphatic carbocycles. The average Bonchev–Trinajstić information content (AvgIpc) is 3.10. The highest BCUT2D eigenvalue weighted by molar-refractivity contribution is 7.09. The molecule has 0 spiro atoms. The molecule has 0 saturated heterocycles. The highest BCUT2D eigenvalue weighted by Crippen LogP contribution is 2.08. The maximum atomic E-state index is 5.24. The Balaban J connectivity index is 1.51. The van der Waals surface area contributed by atoms with Crippen LogP contribution in [0.4, 0.5) is 0 Å². The predicted octanol–water partition coefficient (Wildman–Crippen LogP) is 2.72. The first-order chi connectivity index (χ1) is 10.3. The summed E-state index contributed by atoms with van der Waals surface area (Å²) in [5.41, 5.74) is 2.22. The molecule has 5 nitrogen and oxygen atoms in total. The third-order valence-electron chi connectivity index (χ3n) is 2.96. The average molecular weight is 300 g/mol. The molecule has 0 radical (unpaired) electrons. The fraction of sp³-hybridized carbons (Fsp3) is 0.267. The summed E-state index contributed by atoms with van der Waals surface area (Å²) in [7, 11) is 0. The summed E-state index contributed by atoms with van der Waals surface area (Å²) in [6, 6.07) is 10.1. The largest absolute Gasteiger partial charge is 0.338 e. The second-order valence-corrected chi connectivity index (χ2v) is 5.79. The molecule has 3 rings (SSSR count). The Hall–Kier alpha value is -2.05. The third-order valence-corrected chi connectivity index (χ3v) is 3.79. The number of thiazole rings is 1. The molecular weight excluding hydrogens is 284 g/mol. The van der Waals surface area contributed by atoms with Crippen molar-refractivity contribution in [1.29, 1.82) is 0 Å². The summed E-state index contributed by atoms with van der Waals surface area (Å²) in [5.74, 6) is 1.32. The van der Waals surface area contributed by atoms with Gasteiger partial charge in [0.1, 0.15) is 0 Å². The second kappa shape index (κ2) is 6.60. The molecule has 21 heavy (non-hydrogen) atoms. The van der Waals surface area contributed by atoms with Gasteiger partial charge in [-0.15, -0.1) is 11.3 Å². The molecule has 0 aliphatic heterocycles. The predicted molar refractivity (Wildman–Crippen MR) is 80.9 cm³/mol. The number of nitrogens with one attached hydrogen (secondary N) is 1. The van der Waals surface area contributed by atoms with E-state index in [4.69, 9.17) is 4.52 Å². The molecule has 6 heteroatoms. The van der Waals surface area contributed by atoms with Gasteiger partial charge in [-0.2, -0.15) is 4.98 Å². The molecule has 0 bridgehead atoms. The van der Waals surface area contributed by atoms with Crippen molar-refractivity contribution in [2.75, 3.05) is 0 Å². The van der Waals surface area contributed by atoms with E-state index in [0.717, 1.165) is 10.7 Å². The van der Waals surface area contributed by atoms with Crippen LogP contribution in [0.5, 0.6) is 0 Å². The fourth-order valence-corrected chi connectivity index (χ4v) is 2.61. The van der Waals surface area contributed by atoms with Crippen LogP contribution in [0.3, 0.4) is 0 Å². The van der Waals surface area contributed by atoms with Gasteiger partial charge in [-0.3, -0.25) is 0 Å². The second-order valence-electron chi connectivity index (χ2n) is 4.73. The molecule has 1 N–H and O–H groups in total. The van der Waals surface area contributed by atoms with E-state index in [1.165, 1.54) is 5.56 Å². The van der Waals surface area contributed by atoms with Crippen molar-refractivity contribution in [3.05, 3.63) is 63.7 Å². The Morgan fingerprint density at radius 2 is 2.00 bits per heavy atom. The maximum absolute atomic E-state index is 5.24. The van der Waals surface area contributed by atoms with Crippen LogP contribution >= 0.6 is 11.3 Å². The van der Waals surface area contributed by atoms with Crippen molar-refractivity contribution in [2.24, 2.45) is 0 Å². The van der Waals surface area contributed by atoms with Crippen molar-refractivity contribution in [3.63, 3.8) is 0 Å². The van der Waals surface area contributed by atoms with Gasteiger partial charge in [-0.1, -0.05) is 35.5 Å². The van der Waals surface area contributed by atoms with Crippen LogP contribution in [-0.2, 0) is 19.5 Å². The Bertz CT molecular complexity index is 693. The van der Waals surface area contributed by atoms with Crippen LogP contribution in [-0.4, -0.2) is 15.1 Å². The number of hydrogen-bond donors (Lipinski definition) is 1. The number of benzene rings is 1. The molecule has 2 heterocycles. The Kier molecular flexibility index (Phi) is 4.37. The van der Waals surface area contributed by atoms with Crippen LogP contribution in [0.2, 0.25) is 0 Å². The standard InChI is InChI=1S/C15H16N4OS/c1-11-17-13(10-21-11)8-16-9-15-18-14(19-20-15)7-12-5-3-2-4-6-12/h2-6,10,16H,7-9H2,1H3. The SMILES string of the molecule is Cc1nc(CNCc2nc(Cc3ccccc3)no2)cs1. The van der Waals surface area contributed by atoms with Gasteiger partial charge in [-0.05, 0) is 12.5 Å². The molecule has 3 aromatic rings. The van der Waals surface area contributed by atoms with Gasteiger partial charge in [-0.25, -0.2) is 4.98 Å². The van der Waals surface area contributed by atoms with Gasteiger partial charge in [0.05, 0.1) is 17.2 Å². The zero-order valence-electron chi connectivity index (χ0n) is 11.7. The lowest BCUT2D eigenvalue weighted by Gasteiger charge is -1.97. The van der Waals surface area contributed by atoms with Crippen LogP contribution in [0, 0.1) is 6.92 Å². The molecule has 0 fully saturated rings. The Labute approximate surface area is 127 Å². The molecular formula is C15H16N4OS. The number of aromatic nitrogens is 3. The zero-order chi connectivity index (χ0) is 14.5. The number of hydrogen-bond acceptors (Lipinski definition) is 6. The van der Waals surface area contributed by atoms with Crippen LogP contribution in [0.1, 0.15) is 28.0 Å². The Morgan fingerprint density at radius 1 is 1.14 bits per heavy atom. The molecule has 0 unspecified atom stereocenters. The van der Waals surface area contributed by atoms with Crippen molar-refractivity contribution in [1.82, 2.24) is 20.4 Å². The van der Waals surface area contributed by atoms with Crippen LogP contribution in [0.15, 0.2) is 40.2 Å². The molecule has 0 saturated carbocycles. The van der Waals surface area contributed by atoms with E-state index in [2.05, 4.69) is 38.0 Å². The van der Waals surface area contributed by atoms with E-state index in [1.807, 2.05) is 25.1 Å². The molecule has 0 aliphatic rings. The summed E-state index contributed by atoms with van der Waals surface area (Å²) in [5, 5.41) is 10.4. The number of aryl methyl sites for hydroxylation is 1. The lowest BCUT2D eigenvalue weighted by Crippen LogP contribution is -2.13.